The molecule has 0 amide bonds. The van der Waals surface area contributed by atoms with Crippen LogP contribution in [0.4, 0.5) is 18.9 Å². The molecule has 2 nitrogen and oxygen atoms in total. The summed E-state index contributed by atoms with van der Waals surface area (Å²) in [4.78, 5) is 3.95. The second-order valence-corrected chi connectivity index (χ2v) is 7.13. The quantitative estimate of drug-likeness (QED) is 0.517. The summed E-state index contributed by atoms with van der Waals surface area (Å²) in [7, 11) is 0. The Morgan fingerprint density at radius 3 is 2.50 bits per heavy atom. The van der Waals surface area contributed by atoms with Gasteiger partial charge in [-0.1, -0.05) is 40.9 Å². The van der Waals surface area contributed by atoms with Crippen molar-refractivity contribution in [3.05, 3.63) is 51.0 Å². The van der Waals surface area contributed by atoms with E-state index >= 15 is 0 Å². The Balaban J connectivity index is 1.86. The number of benzene rings is 2. The third-order valence-electron chi connectivity index (χ3n) is 3.09. The molecule has 0 bridgehead atoms. The van der Waals surface area contributed by atoms with Crippen molar-refractivity contribution in [3.8, 4) is 11.5 Å². The summed E-state index contributed by atoms with van der Waals surface area (Å²) in [6, 6.07) is 7.90. The monoisotopic (exact) mass is 411 g/mol. The Labute approximate surface area is 154 Å². The fraction of sp³-hybridized carbons (Fsp3) is 0.133. The zero-order chi connectivity index (χ0) is 17.5. The van der Waals surface area contributed by atoms with Gasteiger partial charge in [-0.2, -0.15) is 13.2 Å². The maximum Gasteiger partial charge on any atom is 0.447 e. The van der Waals surface area contributed by atoms with Gasteiger partial charge in [0, 0.05) is 18.2 Å². The van der Waals surface area contributed by atoms with Gasteiger partial charge in [0.2, 0.25) is 0 Å². The summed E-state index contributed by atoms with van der Waals surface area (Å²) in [6.07, 6.45) is 0.0658. The normalized spacial score (nSPS) is 13.7. The minimum absolute atomic E-state index is 0.0356. The highest BCUT2D eigenvalue weighted by Crippen LogP contribution is 2.43. The molecular formula is C15H7Cl3F3NOS. The number of fused-ring (bicyclic) bond motifs is 1. The van der Waals surface area contributed by atoms with Gasteiger partial charge in [-0.3, -0.25) is 0 Å². The number of thioether (sulfide) groups is 1. The molecule has 0 unspecified atom stereocenters. The van der Waals surface area contributed by atoms with E-state index in [0.717, 1.165) is 0 Å². The Hall–Kier alpha value is -1.08. The predicted molar refractivity (Wildman–Crippen MR) is 92.4 cm³/mol. The molecule has 1 heterocycles. The van der Waals surface area contributed by atoms with Crippen molar-refractivity contribution in [2.24, 2.45) is 4.99 Å². The fourth-order valence-electron chi connectivity index (χ4n) is 2.12. The van der Waals surface area contributed by atoms with Crippen molar-refractivity contribution in [2.45, 2.75) is 11.9 Å². The highest BCUT2D eigenvalue weighted by Gasteiger charge is 2.33. The molecule has 0 spiro atoms. The molecule has 126 valence electrons. The van der Waals surface area contributed by atoms with Crippen molar-refractivity contribution in [2.75, 3.05) is 0 Å². The first kappa shape index (κ1) is 17.7. The molecule has 2 aromatic rings. The lowest BCUT2D eigenvalue weighted by Gasteiger charge is -2.11. The summed E-state index contributed by atoms with van der Waals surface area (Å²) in [5.41, 5.74) is -3.38. The molecular weight excluding hydrogens is 406 g/mol. The van der Waals surface area contributed by atoms with E-state index in [9.17, 15) is 13.2 Å². The molecule has 24 heavy (non-hydrogen) atoms. The van der Waals surface area contributed by atoms with E-state index < -0.39 is 5.51 Å². The first-order chi connectivity index (χ1) is 11.2. The van der Waals surface area contributed by atoms with Gasteiger partial charge in [-0.15, -0.1) is 0 Å². The second kappa shape index (κ2) is 6.67. The maximum absolute atomic E-state index is 12.5. The lowest BCUT2D eigenvalue weighted by molar-refractivity contribution is -0.0316. The van der Waals surface area contributed by atoms with E-state index in [-0.39, 0.29) is 39.0 Å². The van der Waals surface area contributed by atoms with Gasteiger partial charge >= 0.3 is 5.51 Å². The third kappa shape index (κ3) is 3.94. The summed E-state index contributed by atoms with van der Waals surface area (Å²) >= 11 is 17.9. The molecule has 0 atom stereocenters. The van der Waals surface area contributed by atoms with Crippen LogP contribution in [0.1, 0.15) is 5.56 Å². The van der Waals surface area contributed by atoms with Crippen molar-refractivity contribution in [1.82, 2.24) is 0 Å². The van der Waals surface area contributed by atoms with Crippen LogP contribution in [0.2, 0.25) is 15.1 Å². The largest absolute Gasteiger partial charge is 0.454 e. The van der Waals surface area contributed by atoms with Crippen LogP contribution in [0.3, 0.4) is 0 Å². The first-order valence-electron chi connectivity index (χ1n) is 6.50. The van der Waals surface area contributed by atoms with E-state index in [2.05, 4.69) is 4.99 Å². The van der Waals surface area contributed by atoms with Crippen LogP contribution >= 0.6 is 46.6 Å². The first-order valence-corrected chi connectivity index (χ1v) is 8.45. The molecule has 0 aliphatic carbocycles. The van der Waals surface area contributed by atoms with Crippen LogP contribution < -0.4 is 4.74 Å². The number of halogens is 6. The minimum Gasteiger partial charge on any atom is -0.454 e. The Morgan fingerprint density at radius 1 is 1.04 bits per heavy atom. The summed E-state index contributed by atoms with van der Waals surface area (Å²) < 4.78 is 43.0. The summed E-state index contributed by atoms with van der Waals surface area (Å²) in [5.74, 6) is 0.572. The van der Waals surface area contributed by atoms with Crippen LogP contribution in [0, 0.1) is 0 Å². The molecule has 0 radical (unpaired) electrons. The average Bonchev–Trinajstić information content (AvgIpc) is 2.83. The minimum atomic E-state index is -4.38. The number of hydrogen-bond donors (Lipinski definition) is 0. The number of alkyl halides is 3. The van der Waals surface area contributed by atoms with Gasteiger partial charge in [0.25, 0.3) is 0 Å². The molecule has 0 fully saturated rings. The van der Waals surface area contributed by atoms with E-state index in [1.807, 2.05) is 0 Å². The highest BCUT2D eigenvalue weighted by molar-refractivity contribution is 8.14. The standard InChI is InChI=1S/C15H7Cl3F3NOS/c16-8-2-1-3-11(14(8)18)23-12-4-7-5-13(24-15(19,20)21)22-10(7)6-9(12)17/h1-4,6H,5H2. The van der Waals surface area contributed by atoms with Crippen LogP contribution in [0.25, 0.3) is 0 Å². The Kier molecular flexibility index (Phi) is 4.93. The van der Waals surface area contributed by atoms with Crippen LogP contribution in [-0.4, -0.2) is 10.6 Å². The van der Waals surface area contributed by atoms with E-state index in [4.69, 9.17) is 39.5 Å². The second-order valence-electron chi connectivity index (χ2n) is 4.80. The summed E-state index contributed by atoms with van der Waals surface area (Å²) in [5, 5.41) is 0.720. The average molecular weight is 413 g/mol. The van der Waals surface area contributed by atoms with Gasteiger partial charge < -0.3 is 4.74 Å². The number of ether oxygens (including phenoxy) is 1. The molecule has 0 aromatic heterocycles. The SMILES string of the molecule is FC(F)(F)SC1=Nc2cc(Cl)c(Oc3cccc(Cl)c3Cl)cc2C1. The lowest BCUT2D eigenvalue weighted by atomic mass is 10.1. The van der Waals surface area contributed by atoms with E-state index in [1.165, 1.54) is 6.07 Å². The maximum atomic E-state index is 12.5. The van der Waals surface area contributed by atoms with Crippen molar-refractivity contribution in [1.29, 1.82) is 0 Å². The van der Waals surface area contributed by atoms with Gasteiger partial charge in [0.1, 0.15) is 16.5 Å². The number of aliphatic imine (C=N–C) groups is 1. The molecule has 0 saturated carbocycles. The van der Waals surface area contributed by atoms with Crippen LogP contribution in [0.5, 0.6) is 11.5 Å². The van der Waals surface area contributed by atoms with Gasteiger partial charge in [-0.25, -0.2) is 4.99 Å². The van der Waals surface area contributed by atoms with E-state index in [1.54, 1.807) is 24.3 Å². The molecule has 2 aromatic carbocycles. The third-order valence-corrected chi connectivity index (χ3v) is 4.89. The van der Waals surface area contributed by atoms with Crippen molar-refractivity contribution >= 4 is 57.3 Å². The zero-order valence-electron chi connectivity index (χ0n) is 11.6. The van der Waals surface area contributed by atoms with Gasteiger partial charge in [-0.05, 0) is 29.8 Å². The fourth-order valence-corrected chi connectivity index (χ4v) is 3.29. The highest BCUT2D eigenvalue weighted by atomic mass is 35.5. The smallest absolute Gasteiger partial charge is 0.447 e. The number of hydrogen-bond acceptors (Lipinski definition) is 3. The van der Waals surface area contributed by atoms with Crippen molar-refractivity contribution in [3.63, 3.8) is 0 Å². The Morgan fingerprint density at radius 2 is 1.79 bits per heavy atom. The zero-order valence-corrected chi connectivity index (χ0v) is 14.7. The Bertz CT molecular complexity index is 839. The lowest BCUT2D eigenvalue weighted by Crippen LogP contribution is -2.06. The molecule has 1 aliphatic rings. The molecule has 1 aliphatic heterocycles. The predicted octanol–water partition coefficient (Wildman–Crippen LogP) is 7.28. The number of nitrogens with zero attached hydrogens (tertiary/aromatic N) is 1. The van der Waals surface area contributed by atoms with Crippen LogP contribution in [0.15, 0.2) is 35.3 Å². The topological polar surface area (TPSA) is 21.6 Å². The van der Waals surface area contributed by atoms with Gasteiger partial charge in [0.15, 0.2) is 0 Å². The molecule has 0 N–H and O–H groups in total. The summed E-state index contributed by atoms with van der Waals surface area (Å²) in [6.45, 7) is 0. The molecule has 9 heteroatoms. The van der Waals surface area contributed by atoms with Gasteiger partial charge in [0.05, 0.1) is 20.8 Å². The van der Waals surface area contributed by atoms with Crippen LogP contribution in [-0.2, 0) is 6.42 Å². The molecule has 3 rings (SSSR count). The van der Waals surface area contributed by atoms with E-state index in [0.29, 0.717) is 22.0 Å². The van der Waals surface area contributed by atoms with Crippen molar-refractivity contribution < 1.29 is 17.9 Å². The molecule has 0 saturated heterocycles. The number of rotatable bonds is 2.